The van der Waals surface area contributed by atoms with Gasteiger partial charge in [-0.25, -0.2) is 9.98 Å². The van der Waals surface area contributed by atoms with Crippen LogP contribution in [0.15, 0.2) is 48.0 Å². The second kappa shape index (κ2) is 9.10. The Kier molecular flexibility index (Phi) is 6.85. The quantitative estimate of drug-likeness (QED) is 0.594. The minimum atomic E-state index is -4.17. The van der Waals surface area contributed by atoms with Gasteiger partial charge in [-0.3, -0.25) is 0 Å². The van der Waals surface area contributed by atoms with Gasteiger partial charge in [-0.05, 0) is 18.1 Å². The Morgan fingerprint density at radius 1 is 1.16 bits per heavy atom. The minimum Gasteiger partial charge on any atom is -0.357 e. The zero-order valence-electron chi connectivity index (χ0n) is 14.1. The van der Waals surface area contributed by atoms with Gasteiger partial charge < -0.3 is 15.2 Å². The lowest BCUT2D eigenvalue weighted by atomic mass is 10.1. The van der Waals surface area contributed by atoms with Crippen molar-refractivity contribution < 1.29 is 13.2 Å². The highest BCUT2D eigenvalue weighted by Gasteiger charge is 2.26. The molecule has 0 spiro atoms. The van der Waals surface area contributed by atoms with Crippen LogP contribution in [0.5, 0.6) is 0 Å². The monoisotopic (exact) mass is 353 g/mol. The number of rotatable bonds is 7. The number of benzene rings is 1. The van der Waals surface area contributed by atoms with E-state index in [1.54, 1.807) is 12.5 Å². The Bertz CT molecular complexity index is 648. The van der Waals surface area contributed by atoms with Crippen molar-refractivity contribution in [2.75, 3.05) is 13.1 Å². The van der Waals surface area contributed by atoms with E-state index in [9.17, 15) is 13.2 Å². The van der Waals surface area contributed by atoms with Crippen molar-refractivity contribution in [2.24, 2.45) is 4.99 Å². The first-order valence-electron chi connectivity index (χ1n) is 8.09. The molecular weight excluding hydrogens is 331 g/mol. The van der Waals surface area contributed by atoms with Crippen LogP contribution < -0.4 is 10.6 Å². The van der Waals surface area contributed by atoms with E-state index in [2.05, 4.69) is 20.6 Å². The number of aromatic nitrogens is 2. The summed E-state index contributed by atoms with van der Waals surface area (Å²) in [6, 6.07) is 7.95. The first-order chi connectivity index (χ1) is 12.0. The second-order valence-corrected chi connectivity index (χ2v) is 5.54. The topological polar surface area (TPSA) is 54.2 Å². The fourth-order valence-corrected chi connectivity index (χ4v) is 2.18. The van der Waals surface area contributed by atoms with E-state index < -0.39 is 12.6 Å². The Labute approximate surface area is 145 Å². The fraction of sp³-hybridized carbons (Fsp3) is 0.412. The van der Waals surface area contributed by atoms with E-state index in [1.165, 1.54) is 0 Å². The Hall–Kier alpha value is -2.51. The first kappa shape index (κ1) is 18.8. The zero-order chi connectivity index (χ0) is 18.1. The van der Waals surface area contributed by atoms with Crippen molar-refractivity contribution in [3.05, 3.63) is 54.1 Å². The molecule has 0 saturated heterocycles. The van der Waals surface area contributed by atoms with Gasteiger partial charge in [0.25, 0.3) is 0 Å². The number of hydrogen-bond donors (Lipinski definition) is 2. The molecule has 0 aliphatic carbocycles. The average molecular weight is 353 g/mol. The summed E-state index contributed by atoms with van der Waals surface area (Å²) in [4.78, 5) is 8.32. The molecule has 1 aromatic heterocycles. The molecule has 0 unspecified atom stereocenters. The molecule has 0 fully saturated rings. The van der Waals surface area contributed by atoms with Gasteiger partial charge in [0.2, 0.25) is 0 Å². The number of alkyl halides is 3. The van der Waals surface area contributed by atoms with E-state index in [0.717, 1.165) is 17.7 Å². The number of halogens is 3. The van der Waals surface area contributed by atoms with Crippen LogP contribution in [0.4, 0.5) is 13.2 Å². The number of hydrogen-bond acceptors (Lipinski definition) is 2. The number of nitrogens with zero attached hydrogens (tertiary/aromatic N) is 3. The van der Waals surface area contributed by atoms with Crippen LogP contribution in [0.2, 0.25) is 0 Å². The van der Waals surface area contributed by atoms with Crippen molar-refractivity contribution in [3.63, 3.8) is 0 Å². The molecule has 5 nitrogen and oxygen atoms in total. The highest BCUT2D eigenvalue weighted by atomic mass is 19.4. The SMILES string of the molecule is CCNC(=NCc1ccc(Cn2ccnc2)cc1)NCCC(F)(F)F. The molecule has 0 aliphatic heterocycles. The number of aliphatic imine (C=N–C) groups is 1. The predicted octanol–water partition coefficient (Wildman–Crippen LogP) is 2.94. The summed E-state index contributed by atoms with van der Waals surface area (Å²) >= 11 is 0. The smallest absolute Gasteiger partial charge is 0.357 e. The van der Waals surface area contributed by atoms with Crippen molar-refractivity contribution >= 4 is 5.96 Å². The molecule has 0 radical (unpaired) electrons. The van der Waals surface area contributed by atoms with Gasteiger partial charge in [-0.15, -0.1) is 0 Å². The number of imidazole rings is 1. The Morgan fingerprint density at radius 3 is 2.48 bits per heavy atom. The van der Waals surface area contributed by atoms with Crippen molar-refractivity contribution in [2.45, 2.75) is 32.6 Å². The molecule has 0 saturated carbocycles. The summed E-state index contributed by atoms with van der Waals surface area (Å²) in [5.41, 5.74) is 2.13. The number of guanidine groups is 1. The van der Waals surface area contributed by atoms with Gasteiger partial charge in [0, 0.05) is 32.0 Å². The second-order valence-electron chi connectivity index (χ2n) is 5.54. The van der Waals surface area contributed by atoms with Crippen LogP contribution in [-0.4, -0.2) is 34.8 Å². The largest absolute Gasteiger partial charge is 0.390 e. The summed E-state index contributed by atoms with van der Waals surface area (Å²) < 4.78 is 38.6. The summed E-state index contributed by atoms with van der Waals surface area (Å²) in [6.07, 6.45) is 0.327. The molecule has 0 amide bonds. The van der Waals surface area contributed by atoms with Gasteiger partial charge in [0.05, 0.1) is 19.3 Å². The average Bonchev–Trinajstić information content (AvgIpc) is 3.06. The fourth-order valence-electron chi connectivity index (χ4n) is 2.18. The third-order valence-corrected chi connectivity index (χ3v) is 3.41. The summed E-state index contributed by atoms with van der Waals surface area (Å²) in [5.74, 6) is 0.384. The summed E-state index contributed by atoms with van der Waals surface area (Å²) in [6.45, 7) is 3.39. The Balaban J connectivity index is 1.88. The normalized spacial score (nSPS) is 12.2. The van der Waals surface area contributed by atoms with Crippen molar-refractivity contribution in [3.8, 4) is 0 Å². The Morgan fingerprint density at radius 2 is 1.88 bits per heavy atom. The molecule has 1 heterocycles. The maximum absolute atomic E-state index is 12.2. The van der Waals surface area contributed by atoms with E-state index in [-0.39, 0.29) is 6.54 Å². The molecule has 2 N–H and O–H groups in total. The summed E-state index contributed by atoms with van der Waals surface area (Å²) in [7, 11) is 0. The maximum atomic E-state index is 12.2. The third-order valence-electron chi connectivity index (χ3n) is 3.41. The van der Waals surface area contributed by atoms with E-state index in [1.807, 2.05) is 42.0 Å². The van der Waals surface area contributed by atoms with E-state index in [4.69, 9.17) is 0 Å². The lowest BCUT2D eigenvalue weighted by Gasteiger charge is -2.12. The molecule has 136 valence electrons. The van der Waals surface area contributed by atoms with Gasteiger partial charge in [-0.2, -0.15) is 13.2 Å². The number of nitrogens with one attached hydrogen (secondary N) is 2. The maximum Gasteiger partial charge on any atom is 0.390 e. The van der Waals surface area contributed by atoms with Gasteiger partial charge in [0.1, 0.15) is 0 Å². The zero-order valence-corrected chi connectivity index (χ0v) is 14.1. The van der Waals surface area contributed by atoms with Crippen LogP contribution in [0.3, 0.4) is 0 Å². The standard InChI is InChI=1S/C17H22F3N5/c1-2-22-16(23-8-7-17(18,19)20)24-11-14-3-5-15(6-4-14)12-25-10-9-21-13-25/h3-6,9-10,13H,2,7-8,11-12H2,1H3,(H2,22,23,24). The van der Waals surface area contributed by atoms with Crippen LogP contribution >= 0.6 is 0 Å². The molecular formula is C17H22F3N5. The third kappa shape index (κ3) is 7.28. The summed E-state index contributed by atoms with van der Waals surface area (Å²) in [5, 5.41) is 5.64. The van der Waals surface area contributed by atoms with Crippen molar-refractivity contribution in [1.29, 1.82) is 0 Å². The molecule has 0 bridgehead atoms. The van der Waals surface area contributed by atoms with E-state index in [0.29, 0.717) is 19.0 Å². The predicted molar refractivity (Wildman–Crippen MR) is 91.3 cm³/mol. The van der Waals surface area contributed by atoms with Crippen LogP contribution in [0.25, 0.3) is 0 Å². The highest BCUT2D eigenvalue weighted by Crippen LogP contribution is 2.18. The van der Waals surface area contributed by atoms with Crippen LogP contribution in [0, 0.1) is 0 Å². The van der Waals surface area contributed by atoms with Gasteiger partial charge >= 0.3 is 6.18 Å². The molecule has 2 aromatic rings. The minimum absolute atomic E-state index is 0.195. The molecule has 8 heteroatoms. The lowest BCUT2D eigenvalue weighted by molar-refractivity contribution is -0.132. The first-order valence-corrected chi connectivity index (χ1v) is 8.09. The van der Waals surface area contributed by atoms with Crippen molar-refractivity contribution in [1.82, 2.24) is 20.2 Å². The van der Waals surface area contributed by atoms with Gasteiger partial charge in [0.15, 0.2) is 5.96 Å². The molecule has 0 aliphatic rings. The molecule has 2 rings (SSSR count). The molecule has 0 atom stereocenters. The molecule has 1 aromatic carbocycles. The van der Waals surface area contributed by atoms with Gasteiger partial charge in [-0.1, -0.05) is 24.3 Å². The highest BCUT2D eigenvalue weighted by molar-refractivity contribution is 5.79. The molecule has 25 heavy (non-hydrogen) atoms. The van der Waals surface area contributed by atoms with Crippen LogP contribution in [-0.2, 0) is 13.1 Å². The van der Waals surface area contributed by atoms with Crippen LogP contribution in [0.1, 0.15) is 24.5 Å². The van der Waals surface area contributed by atoms with E-state index >= 15 is 0 Å². The lowest BCUT2D eigenvalue weighted by Crippen LogP contribution is -2.38.